The summed E-state index contributed by atoms with van der Waals surface area (Å²) in [6.07, 6.45) is -3.24. The van der Waals surface area contributed by atoms with Crippen LogP contribution in [0.4, 0.5) is 13.2 Å². The Hall–Kier alpha value is -2.09. The maximum Gasteiger partial charge on any atom is 0.416 e. The zero-order chi connectivity index (χ0) is 17.7. The predicted molar refractivity (Wildman–Crippen MR) is 79.9 cm³/mol. The van der Waals surface area contributed by atoms with Gasteiger partial charge in [-0.25, -0.2) is 0 Å². The number of carbonyl (C=O) groups is 2. The van der Waals surface area contributed by atoms with Crippen molar-refractivity contribution in [2.24, 2.45) is 0 Å². The fourth-order valence-electron chi connectivity index (χ4n) is 2.66. The third-order valence-electron chi connectivity index (χ3n) is 3.77. The quantitative estimate of drug-likeness (QED) is 0.888. The summed E-state index contributed by atoms with van der Waals surface area (Å²) in [6.45, 7) is 0.391. The molecule has 8 heteroatoms. The summed E-state index contributed by atoms with van der Waals surface area (Å²) in [5.41, 5.74) is -0.337. The number of hydrogen-bond acceptors (Lipinski definition) is 3. The Kier molecular flexibility index (Phi) is 5.82. The summed E-state index contributed by atoms with van der Waals surface area (Å²) < 4.78 is 43.0. The number of methoxy groups -OCH3 is 1. The van der Waals surface area contributed by atoms with Crippen LogP contribution in [-0.2, 0) is 27.0 Å². The molecular weight excluding hydrogens is 325 g/mol. The van der Waals surface area contributed by atoms with Gasteiger partial charge in [-0.1, -0.05) is 12.1 Å². The molecule has 0 aromatic heterocycles. The van der Waals surface area contributed by atoms with Crippen molar-refractivity contribution in [3.8, 4) is 0 Å². The van der Waals surface area contributed by atoms with Crippen molar-refractivity contribution in [1.29, 1.82) is 0 Å². The molecule has 1 aliphatic rings. The molecule has 2 amide bonds. The number of likely N-dealkylation sites (tertiary alicyclic amines) is 1. The minimum absolute atomic E-state index is 0.0827. The SMILES string of the molecule is COCC(=O)N[C@@H]1CCCN(Cc2cccc(C(F)(F)F)c2)C1=O. The molecule has 1 aliphatic heterocycles. The van der Waals surface area contributed by atoms with Crippen molar-refractivity contribution in [2.45, 2.75) is 31.6 Å². The molecule has 1 atom stereocenters. The number of amides is 2. The molecule has 24 heavy (non-hydrogen) atoms. The van der Waals surface area contributed by atoms with Crippen LogP contribution in [0, 0.1) is 0 Å². The zero-order valence-electron chi connectivity index (χ0n) is 13.2. The predicted octanol–water partition coefficient (Wildman–Crippen LogP) is 1.96. The summed E-state index contributed by atoms with van der Waals surface area (Å²) >= 11 is 0. The number of carbonyl (C=O) groups excluding carboxylic acids is 2. The molecule has 1 N–H and O–H groups in total. The average molecular weight is 344 g/mol. The fraction of sp³-hybridized carbons (Fsp3) is 0.500. The van der Waals surface area contributed by atoms with Crippen LogP contribution in [-0.4, -0.2) is 43.0 Å². The third kappa shape index (κ3) is 4.70. The maximum absolute atomic E-state index is 12.8. The van der Waals surface area contributed by atoms with Crippen molar-refractivity contribution in [3.05, 3.63) is 35.4 Å². The molecule has 0 bridgehead atoms. The monoisotopic (exact) mass is 344 g/mol. The first-order valence-corrected chi connectivity index (χ1v) is 7.54. The van der Waals surface area contributed by atoms with Gasteiger partial charge in [0.05, 0.1) is 5.56 Å². The summed E-state index contributed by atoms with van der Waals surface area (Å²) in [5, 5.41) is 2.59. The smallest absolute Gasteiger partial charge is 0.375 e. The van der Waals surface area contributed by atoms with Crippen LogP contribution < -0.4 is 5.32 Å². The molecule has 2 rings (SSSR count). The highest BCUT2D eigenvalue weighted by atomic mass is 19.4. The largest absolute Gasteiger partial charge is 0.416 e. The van der Waals surface area contributed by atoms with Crippen molar-refractivity contribution >= 4 is 11.8 Å². The van der Waals surface area contributed by atoms with Crippen LogP contribution >= 0.6 is 0 Å². The van der Waals surface area contributed by atoms with Gasteiger partial charge in [-0.3, -0.25) is 9.59 Å². The van der Waals surface area contributed by atoms with Gasteiger partial charge in [-0.05, 0) is 30.5 Å². The highest BCUT2D eigenvalue weighted by molar-refractivity contribution is 5.88. The highest BCUT2D eigenvalue weighted by Crippen LogP contribution is 2.30. The highest BCUT2D eigenvalue weighted by Gasteiger charge is 2.32. The molecule has 1 aromatic rings. The number of hydrogen-bond donors (Lipinski definition) is 1. The first kappa shape index (κ1) is 18.3. The van der Waals surface area contributed by atoms with Crippen molar-refractivity contribution in [1.82, 2.24) is 10.2 Å². The zero-order valence-corrected chi connectivity index (χ0v) is 13.2. The van der Waals surface area contributed by atoms with E-state index in [1.165, 1.54) is 18.1 Å². The summed E-state index contributed by atoms with van der Waals surface area (Å²) in [7, 11) is 1.38. The van der Waals surface area contributed by atoms with Crippen LogP contribution in [0.3, 0.4) is 0 Å². The topological polar surface area (TPSA) is 58.6 Å². The number of ether oxygens (including phenoxy) is 1. The van der Waals surface area contributed by atoms with E-state index in [0.29, 0.717) is 24.9 Å². The molecule has 0 unspecified atom stereocenters. The van der Waals surface area contributed by atoms with E-state index in [-0.39, 0.29) is 19.1 Å². The van der Waals surface area contributed by atoms with Gasteiger partial charge in [-0.15, -0.1) is 0 Å². The third-order valence-corrected chi connectivity index (χ3v) is 3.77. The van der Waals surface area contributed by atoms with E-state index in [0.717, 1.165) is 12.1 Å². The number of nitrogens with zero attached hydrogens (tertiary/aromatic N) is 1. The summed E-state index contributed by atoms with van der Waals surface area (Å²) in [5.74, 6) is -0.681. The van der Waals surface area contributed by atoms with Gasteiger partial charge in [0.1, 0.15) is 12.6 Å². The van der Waals surface area contributed by atoms with E-state index in [1.54, 1.807) is 6.07 Å². The lowest BCUT2D eigenvalue weighted by atomic mass is 10.0. The first-order chi connectivity index (χ1) is 11.3. The number of alkyl halides is 3. The molecule has 5 nitrogen and oxygen atoms in total. The molecule has 0 aliphatic carbocycles. The lowest BCUT2D eigenvalue weighted by molar-refractivity contribution is -0.140. The normalized spacial score (nSPS) is 18.6. The van der Waals surface area contributed by atoms with Gasteiger partial charge in [-0.2, -0.15) is 13.2 Å². The standard InChI is InChI=1S/C16H19F3N2O3/c1-24-10-14(22)20-13-6-3-7-21(15(13)23)9-11-4-2-5-12(8-11)16(17,18)19/h2,4-5,8,13H,3,6-7,9-10H2,1H3,(H,20,22)/t13-/m1/s1. The summed E-state index contributed by atoms with van der Waals surface area (Å²) in [4.78, 5) is 25.4. The number of benzene rings is 1. The average Bonchev–Trinajstić information content (AvgIpc) is 2.51. The van der Waals surface area contributed by atoms with Gasteiger partial charge in [0.25, 0.3) is 0 Å². The van der Waals surface area contributed by atoms with Crippen LogP contribution in [0.5, 0.6) is 0 Å². The van der Waals surface area contributed by atoms with Crippen molar-refractivity contribution in [3.63, 3.8) is 0 Å². The van der Waals surface area contributed by atoms with Crippen LogP contribution in [0.25, 0.3) is 0 Å². The van der Waals surface area contributed by atoms with E-state index in [1.807, 2.05) is 0 Å². The van der Waals surface area contributed by atoms with Crippen molar-refractivity contribution in [2.75, 3.05) is 20.3 Å². The van der Waals surface area contributed by atoms with E-state index in [9.17, 15) is 22.8 Å². The molecule has 132 valence electrons. The van der Waals surface area contributed by atoms with E-state index >= 15 is 0 Å². The molecule has 1 fully saturated rings. The van der Waals surface area contributed by atoms with E-state index in [4.69, 9.17) is 4.74 Å². The minimum Gasteiger partial charge on any atom is -0.375 e. The Morgan fingerprint density at radius 3 is 2.83 bits per heavy atom. The van der Waals surface area contributed by atoms with Gasteiger partial charge < -0.3 is 15.0 Å². The molecular formula is C16H19F3N2O3. The molecule has 1 aromatic carbocycles. The van der Waals surface area contributed by atoms with Crippen molar-refractivity contribution < 1.29 is 27.5 Å². The molecule has 0 radical (unpaired) electrons. The Morgan fingerprint density at radius 2 is 2.17 bits per heavy atom. The van der Waals surface area contributed by atoms with Gasteiger partial charge in [0.15, 0.2) is 0 Å². The lowest BCUT2D eigenvalue weighted by Crippen LogP contribution is -2.52. The molecule has 0 spiro atoms. The lowest BCUT2D eigenvalue weighted by Gasteiger charge is -2.32. The molecule has 1 saturated heterocycles. The second-order valence-corrected chi connectivity index (χ2v) is 5.65. The Labute approximate surface area is 137 Å². The van der Waals surface area contributed by atoms with Crippen LogP contribution in [0.2, 0.25) is 0 Å². The second kappa shape index (κ2) is 7.65. The van der Waals surface area contributed by atoms with Gasteiger partial charge in [0, 0.05) is 20.2 Å². The number of halogens is 3. The summed E-state index contributed by atoms with van der Waals surface area (Å²) in [6, 6.07) is 4.25. The fourth-order valence-corrected chi connectivity index (χ4v) is 2.66. The molecule has 0 saturated carbocycles. The molecule has 1 heterocycles. The Morgan fingerprint density at radius 1 is 1.42 bits per heavy atom. The van der Waals surface area contributed by atoms with Crippen LogP contribution in [0.15, 0.2) is 24.3 Å². The first-order valence-electron chi connectivity index (χ1n) is 7.54. The Bertz CT molecular complexity index is 604. The van der Waals surface area contributed by atoms with Crippen LogP contribution in [0.1, 0.15) is 24.0 Å². The number of nitrogens with one attached hydrogen (secondary N) is 1. The van der Waals surface area contributed by atoms with E-state index in [2.05, 4.69) is 5.32 Å². The van der Waals surface area contributed by atoms with Gasteiger partial charge in [0.2, 0.25) is 11.8 Å². The number of rotatable bonds is 5. The Balaban J connectivity index is 2.04. The number of piperidine rings is 1. The maximum atomic E-state index is 12.8. The van der Waals surface area contributed by atoms with E-state index < -0.39 is 23.7 Å². The minimum atomic E-state index is -4.42. The van der Waals surface area contributed by atoms with Gasteiger partial charge >= 0.3 is 6.18 Å². The second-order valence-electron chi connectivity index (χ2n) is 5.65.